The normalized spacial score (nSPS) is 11.0. The summed E-state index contributed by atoms with van der Waals surface area (Å²) in [6.45, 7) is 2.82. The van der Waals surface area contributed by atoms with Gasteiger partial charge in [0.1, 0.15) is 0 Å². The van der Waals surface area contributed by atoms with Crippen LogP contribution in [0.2, 0.25) is 0 Å². The molecule has 0 heterocycles. The summed E-state index contributed by atoms with van der Waals surface area (Å²) < 4.78 is 22.7. The quantitative estimate of drug-likeness (QED) is 0.439. The molecule has 14 heavy (non-hydrogen) atoms. The molecule has 0 aromatic rings. The Labute approximate surface area is 89.4 Å². The Morgan fingerprint density at radius 3 is 1.86 bits per heavy atom. The minimum atomic E-state index is -2.38. The van der Waals surface area contributed by atoms with E-state index in [-0.39, 0.29) is 0 Å². The van der Waals surface area contributed by atoms with Gasteiger partial charge in [0.15, 0.2) is 0 Å². The van der Waals surface area contributed by atoms with Crippen LogP contribution in [0.15, 0.2) is 0 Å². The van der Waals surface area contributed by atoms with E-state index in [0.29, 0.717) is 6.54 Å². The summed E-state index contributed by atoms with van der Waals surface area (Å²) in [5.74, 6) is 0. The van der Waals surface area contributed by atoms with Crippen molar-refractivity contribution in [3.05, 3.63) is 0 Å². The molecule has 0 radical (unpaired) electrons. The first-order valence-electron chi connectivity index (χ1n) is 5.65. The highest BCUT2D eigenvalue weighted by atomic mass is 32.2. The van der Waals surface area contributed by atoms with E-state index in [9.17, 15) is 8.42 Å². The highest BCUT2D eigenvalue weighted by Crippen LogP contribution is 2.07. The number of hydrogen-bond donors (Lipinski definition) is 2. The maximum atomic E-state index is 10.1. The zero-order valence-corrected chi connectivity index (χ0v) is 10.0. The van der Waals surface area contributed by atoms with Gasteiger partial charge in [0, 0.05) is 6.54 Å². The standard InChI is InChI=1S/C10H23NO2S/c1-2-3-4-5-6-7-8-9-10-11-14(12)13/h14H,2-10H2,1H3,(H,11,12,13). The Kier molecular flexibility index (Phi) is 10.9. The molecular formula is C10H23NO2S. The van der Waals surface area contributed by atoms with E-state index < -0.39 is 10.9 Å². The first-order chi connectivity index (χ1) is 6.77. The first kappa shape index (κ1) is 13.9. The predicted octanol–water partition coefficient (Wildman–Crippen LogP) is 2.24. The third kappa shape index (κ3) is 11.9. The van der Waals surface area contributed by atoms with Gasteiger partial charge in [0.25, 0.3) is 0 Å². The molecule has 0 spiro atoms. The van der Waals surface area contributed by atoms with Gasteiger partial charge in [0.2, 0.25) is 10.9 Å². The summed E-state index contributed by atoms with van der Waals surface area (Å²) in [5, 5.41) is 0. The lowest BCUT2D eigenvalue weighted by Gasteiger charge is -2.00. The van der Waals surface area contributed by atoms with Crippen LogP contribution in [0.25, 0.3) is 0 Å². The molecule has 0 rings (SSSR count). The van der Waals surface area contributed by atoms with Gasteiger partial charge in [-0.15, -0.1) is 0 Å². The van der Waals surface area contributed by atoms with Crippen molar-refractivity contribution in [3.8, 4) is 0 Å². The molecule has 0 aromatic heterocycles. The molecule has 3 nitrogen and oxygen atoms in total. The minimum Gasteiger partial charge on any atom is -0.218 e. The molecule has 0 amide bonds. The van der Waals surface area contributed by atoms with Crippen LogP contribution in [-0.2, 0) is 10.9 Å². The summed E-state index contributed by atoms with van der Waals surface area (Å²) in [5.41, 5.74) is 0. The van der Waals surface area contributed by atoms with Crippen molar-refractivity contribution in [1.29, 1.82) is 0 Å². The van der Waals surface area contributed by atoms with Crippen LogP contribution in [-0.4, -0.2) is 15.0 Å². The molecule has 0 saturated carbocycles. The van der Waals surface area contributed by atoms with E-state index in [2.05, 4.69) is 11.6 Å². The maximum absolute atomic E-state index is 10.1. The Hall–Kier alpha value is -0.0900. The lowest BCUT2D eigenvalue weighted by Crippen LogP contribution is -2.12. The van der Waals surface area contributed by atoms with Crippen molar-refractivity contribution in [3.63, 3.8) is 0 Å². The Morgan fingerprint density at radius 1 is 0.857 bits per heavy atom. The van der Waals surface area contributed by atoms with Gasteiger partial charge >= 0.3 is 0 Å². The van der Waals surface area contributed by atoms with Crippen LogP contribution >= 0.6 is 0 Å². The van der Waals surface area contributed by atoms with Crippen molar-refractivity contribution in [2.24, 2.45) is 0 Å². The van der Waals surface area contributed by atoms with E-state index in [1.165, 1.54) is 38.5 Å². The second-order valence-corrected chi connectivity index (χ2v) is 4.47. The van der Waals surface area contributed by atoms with Crippen LogP contribution in [0.1, 0.15) is 58.3 Å². The summed E-state index contributed by atoms with van der Waals surface area (Å²) in [7, 11) is -2.38. The molecular weight excluding hydrogens is 198 g/mol. The van der Waals surface area contributed by atoms with Crippen LogP contribution in [0.5, 0.6) is 0 Å². The van der Waals surface area contributed by atoms with E-state index in [4.69, 9.17) is 0 Å². The van der Waals surface area contributed by atoms with Crippen molar-refractivity contribution in [2.45, 2.75) is 58.3 Å². The molecule has 0 unspecified atom stereocenters. The van der Waals surface area contributed by atoms with Crippen molar-refractivity contribution in [2.75, 3.05) is 6.54 Å². The molecule has 0 atom stereocenters. The average molecular weight is 221 g/mol. The number of unbranched alkanes of at least 4 members (excludes halogenated alkanes) is 7. The molecule has 0 aliphatic carbocycles. The fraction of sp³-hybridized carbons (Fsp3) is 1.00. The van der Waals surface area contributed by atoms with Crippen LogP contribution in [0.3, 0.4) is 0 Å². The van der Waals surface area contributed by atoms with Crippen molar-refractivity contribution in [1.82, 2.24) is 4.72 Å². The van der Waals surface area contributed by atoms with Gasteiger partial charge in [-0.2, -0.15) is 0 Å². The molecule has 0 aliphatic rings. The maximum Gasteiger partial charge on any atom is 0.201 e. The number of nitrogens with one attached hydrogen (secondary N) is 1. The van der Waals surface area contributed by atoms with E-state index >= 15 is 0 Å². The largest absolute Gasteiger partial charge is 0.218 e. The third-order valence-electron chi connectivity index (χ3n) is 2.27. The zero-order chi connectivity index (χ0) is 10.6. The second-order valence-electron chi connectivity index (χ2n) is 3.64. The van der Waals surface area contributed by atoms with Gasteiger partial charge in [-0.1, -0.05) is 51.9 Å². The fourth-order valence-corrected chi connectivity index (χ4v) is 1.77. The molecule has 0 saturated heterocycles. The minimum absolute atomic E-state index is 0.605. The summed E-state index contributed by atoms with van der Waals surface area (Å²) in [6, 6.07) is 0. The fourth-order valence-electron chi connectivity index (χ4n) is 1.43. The number of thiol groups is 1. The lowest BCUT2D eigenvalue weighted by molar-refractivity contribution is 0.566. The zero-order valence-electron chi connectivity index (χ0n) is 9.13. The Bertz CT molecular complexity index is 173. The molecule has 0 fully saturated rings. The summed E-state index contributed by atoms with van der Waals surface area (Å²) in [4.78, 5) is 0. The lowest BCUT2D eigenvalue weighted by atomic mass is 10.1. The van der Waals surface area contributed by atoms with Gasteiger partial charge in [-0.3, -0.25) is 0 Å². The van der Waals surface area contributed by atoms with Crippen LogP contribution in [0, 0.1) is 0 Å². The average Bonchev–Trinajstić information content (AvgIpc) is 2.15. The first-order valence-corrected chi connectivity index (χ1v) is 6.83. The van der Waals surface area contributed by atoms with E-state index in [1.807, 2.05) is 0 Å². The molecule has 1 N–H and O–H groups in total. The molecule has 0 bridgehead atoms. The highest BCUT2D eigenvalue weighted by molar-refractivity contribution is 7.70. The van der Waals surface area contributed by atoms with Gasteiger partial charge in [-0.25, -0.2) is 13.1 Å². The van der Waals surface area contributed by atoms with Gasteiger partial charge in [0.05, 0.1) is 0 Å². The number of hydrogen-bond acceptors (Lipinski definition) is 2. The van der Waals surface area contributed by atoms with Crippen molar-refractivity contribution < 1.29 is 8.42 Å². The van der Waals surface area contributed by atoms with Crippen LogP contribution < -0.4 is 4.72 Å². The SMILES string of the molecule is CCCCCCCCCCN[SH](=O)=O. The second kappa shape index (κ2) is 11.0. The number of rotatable bonds is 10. The predicted molar refractivity (Wildman–Crippen MR) is 60.9 cm³/mol. The molecule has 0 aliphatic heterocycles. The molecule has 0 aromatic carbocycles. The van der Waals surface area contributed by atoms with Crippen LogP contribution in [0.4, 0.5) is 0 Å². The monoisotopic (exact) mass is 221 g/mol. The summed E-state index contributed by atoms with van der Waals surface area (Å²) >= 11 is 0. The van der Waals surface area contributed by atoms with E-state index in [0.717, 1.165) is 12.8 Å². The van der Waals surface area contributed by atoms with E-state index in [1.54, 1.807) is 0 Å². The smallest absolute Gasteiger partial charge is 0.201 e. The Morgan fingerprint density at radius 2 is 1.36 bits per heavy atom. The molecule has 4 heteroatoms. The highest BCUT2D eigenvalue weighted by Gasteiger charge is 1.91. The van der Waals surface area contributed by atoms with Gasteiger partial charge in [-0.05, 0) is 6.42 Å². The summed E-state index contributed by atoms with van der Waals surface area (Å²) in [6.07, 6.45) is 9.96. The Balaban J connectivity index is 2.92. The third-order valence-corrected chi connectivity index (χ3v) is 2.75. The topological polar surface area (TPSA) is 46.2 Å². The molecule has 86 valence electrons. The van der Waals surface area contributed by atoms with Gasteiger partial charge < -0.3 is 0 Å². The van der Waals surface area contributed by atoms with Crippen molar-refractivity contribution >= 4 is 10.9 Å².